The van der Waals surface area contributed by atoms with Crippen molar-refractivity contribution in [2.45, 2.75) is 77.6 Å². The fourth-order valence-electron chi connectivity index (χ4n) is 1.97. The first-order chi connectivity index (χ1) is 9.16. The Hall–Kier alpha value is -0.0900. The second-order valence-electron chi connectivity index (χ2n) is 4.99. The minimum absolute atomic E-state index is 0.108. The van der Waals surface area contributed by atoms with E-state index >= 15 is 0 Å². The van der Waals surface area contributed by atoms with E-state index < -0.39 is 5.97 Å². The fraction of sp³-hybridized carbons (Fsp3) is 0.867. The molecule has 0 aromatic carbocycles. The third-order valence-corrected chi connectivity index (χ3v) is 4.57. The Kier molecular flexibility index (Phi) is 14.3. The number of carboxylic acids is 1. The number of rotatable bonds is 13. The van der Waals surface area contributed by atoms with Crippen LogP contribution >= 0.6 is 24.0 Å². The molecule has 0 aliphatic heterocycles. The third-order valence-electron chi connectivity index (χ3n) is 3.09. The minimum atomic E-state index is -0.782. The van der Waals surface area contributed by atoms with Gasteiger partial charge in [-0.15, -0.1) is 11.8 Å². The van der Waals surface area contributed by atoms with Crippen LogP contribution in [0.15, 0.2) is 0 Å². The number of hydrogen-bond donors (Lipinski definition) is 1. The van der Waals surface area contributed by atoms with Crippen LogP contribution in [0.1, 0.15) is 77.6 Å². The van der Waals surface area contributed by atoms with Gasteiger partial charge in [-0.1, -0.05) is 76.9 Å². The number of carbonyl (C=O) groups is 1. The number of carboxylic acid groups (broad SMARTS) is 1. The number of unbranched alkanes of at least 4 members (excludes halogenated alkanes) is 9. The van der Waals surface area contributed by atoms with Crippen molar-refractivity contribution in [3.63, 3.8) is 0 Å². The first kappa shape index (κ1) is 18.9. The summed E-state index contributed by atoms with van der Waals surface area (Å²) < 4.78 is 0.849. The molecule has 0 radical (unpaired) electrons. The highest BCUT2D eigenvalue weighted by Crippen LogP contribution is 2.14. The van der Waals surface area contributed by atoms with Crippen LogP contribution in [0.2, 0.25) is 0 Å². The number of aliphatic carboxylic acids is 1. The average Bonchev–Trinajstić information content (AvgIpc) is 2.38. The lowest BCUT2D eigenvalue weighted by Crippen LogP contribution is -2.01. The minimum Gasteiger partial charge on any atom is -0.481 e. The van der Waals surface area contributed by atoms with Crippen LogP contribution in [0.5, 0.6) is 0 Å². The smallest absolute Gasteiger partial charge is 0.313 e. The zero-order valence-corrected chi connectivity index (χ0v) is 13.8. The normalized spacial score (nSPS) is 10.6. The summed E-state index contributed by atoms with van der Waals surface area (Å²) in [6.45, 7) is 2.25. The SMILES string of the molecule is CCCCCCCCCCCCC(=S)SCC(=O)O. The van der Waals surface area contributed by atoms with Crippen LogP contribution in [0.25, 0.3) is 0 Å². The van der Waals surface area contributed by atoms with Crippen molar-refractivity contribution in [2.24, 2.45) is 0 Å². The molecular formula is C15H28O2S2. The molecule has 19 heavy (non-hydrogen) atoms. The highest BCUT2D eigenvalue weighted by atomic mass is 32.2. The van der Waals surface area contributed by atoms with E-state index in [1.807, 2.05) is 0 Å². The lowest BCUT2D eigenvalue weighted by molar-refractivity contribution is -0.133. The number of thioether (sulfide) groups is 1. The summed E-state index contributed by atoms with van der Waals surface area (Å²) in [5.74, 6) is -0.674. The van der Waals surface area contributed by atoms with Crippen LogP contribution in [-0.2, 0) is 4.79 Å². The maximum atomic E-state index is 10.4. The molecule has 112 valence electrons. The van der Waals surface area contributed by atoms with E-state index in [-0.39, 0.29) is 5.75 Å². The van der Waals surface area contributed by atoms with Crippen molar-refractivity contribution < 1.29 is 9.90 Å². The van der Waals surface area contributed by atoms with Crippen molar-refractivity contribution >= 4 is 34.1 Å². The predicted octanol–water partition coefficient (Wildman–Crippen LogP) is 5.44. The first-order valence-corrected chi connectivity index (χ1v) is 8.93. The number of thiocarbonyl (C=S) groups is 1. The molecule has 0 bridgehead atoms. The molecule has 0 heterocycles. The maximum absolute atomic E-state index is 10.4. The molecule has 0 aromatic rings. The predicted molar refractivity (Wildman–Crippen MR) is 89.2 cm³/mol. The Morgan fingerprint density at radius 1 is 0.947 bits per heavy atom. The topological polar surface area (TPSA) is 37.3 Å². The first-order valence-electron chi connectivity index (χ1n) is 7.54. The zero-order chi connectivity index (χ0) is 14.3. The molecule has 0 aliphatic carbocycles. The Bertz CT molecular complexity index is 242. The molecule has 0 atom stereocenters. The number of hydrogen-bond acceptors (Lipinski definition) is 3. The second kappa shape index (κ2) is 14.3. The molecule has 0 fully saturated rings. The third kappa shape index (κ3) is 15.9. The van der Waals surface area contributed by atoms with Gasteiger partial charge in [-0.25, -0.2) is 0 Å². The van der Waals surface area contributed by atoms with E-state index in [2.05, 4.69) is 6.92 Å². The molecular weight excluding hydrogens is 276 g/mol. The van der Waals surface area contributed by atoms with Crippen molar-refractivity contribution in [2.75, 3.05) is 5.75 Å². The zero-order valence-electron chi connectivity index (χ0n) is 12.2. The van der Waals surface area contributed by atoms with Gasteiger partial charge in [-0.3, -0.25) is 4.79 Å². The van der Waals surface area contributed by atoms with E-state index in [0.717, 1.165) is 17.0 Å². The summed E-state index contributed by atoms with van der Waals surface area (Å²) in [7, 11) is 0. The van der Waals surface area contributed by atoms with Gasteiger partial charge < -0.3 is 5.11 Å². The molecule has 0 aliphatic rings. The summed E-state index contributed by atoms with van der Waals surface area (Å²) in [4.78, 5) is 10.4. The molecule has 1 N–H and O–H groups in total. The Morgan fingerprint density at radius 2 is 1.42 bits per heavy atom. The molecule has 0 spiro atoms. The summed E-state index contributed by atoms with van der Waals surface area (Å²) in [5.41, 5.74) is 0. The Labute approximate surface area is 127 Å². The van der Waals surface area contributed by atoms with E-state index in [1.165, 1.54) is 69.5 Å². The van der Waals surface area contributed by atoms with Gasteiger partial charge in [0, 0.05) is 4.20 Å². The average molecular weight is 305 g/mol. The lowest BCUT2D eigenvalue weighted by Gasteiger charge is -2.03. The summed E-state index contributed by atoms with van der Waals surface area (Å²) in [5, 5.41) is 8.53. The molecule has 0 saturated heterocycles. The molecule has 0 rings (SSSR count). The van der Waals surface area contributed by atoms with Crippen LogP contribution in [0.4, 0.5) is 0 Å². The van der Waals surface area contributed by atoms with E-state index in [0.29, 0.717) is 0 Å². The van der Waals surface area contributed by atoms with Crippen molar-refractivity contribution in [1.82, 2.24) is 0 Å². The monoisotopic (exact) mass is 304 g/mol. The van der Waals surface area contributed by atoms with Gasteiger partial charge in [-0.2, -0.15) is 0 Å². The summed E-state index contributed by atoms with van der Waals surface area (Å²) in [6.07, 6.45) is 14.1. The van der Waals surface area contributed by atoms with Crippen molar-refractivity contribution in [3.8, 4) is 0 Å². The molecule has 0 amide bonds. The molecule has 2 nitrogen and oxygen atoms in total. The molecule has 4 heteroatoms. The van der Waals surface area contributed by atoms with Gasteiger partial charge in [-0.05, 0) is 12.8 Å². The van der Waals surface area contributed by atoms with Gasteiger partial charge >= 0.3 is 5.97 Å². The van der Waals surface area contributed by atoms with Gasteiger partial charge in [0.25, 0.3) is 0 Å². The highest BCUT2D eigenvalue weighted by Gasteiger charge is 2.02. The molecule has 0 unspecified atom stereocenters. The van der Waals surface area contributed by atoms with Crippen LogP contribution < -0.4 is 0 Å². The van der Waals surface area contributed by atoms with Gasteiger partial charge in [0.05, 0.1) is 5.75 Å². The van der Waals surface area contributed by atoms with Crippen LogP contribution in [0.3, 0.4) is 0 Å². The Morgan fingerprint density at radius 3 is 1.89 bits per heavy atom. The second-order valence-corrected chi connectivity index (χ2v) is 6.81. The summed E-state index contributed by atoms with van der Waals surface area (Å²) >= 11 is 6.43. The molecule has 0 aromatic heterocycles. The van der Waals surface area contributed by atoms with Crippen molar-refractivity contribution in [1.29, 1.82) is 0 Å². The standard InChI is InChI=1S/C15H28O2S2/c1-2-3-4-5-6-7-8-9-10-11-12-15(18)19-13-14(16)17/h2-13H2,1H3,(H,16,17). The van der Waals surface area contributed by atoms with Gasteiger partial charge in [0.2, 0.25) is 0 Å². The molecule has 0 saturated carbocycles. The summed E-state index contributed by atoms with van der Waals surface area (Å²) in [6, 6.07) is 0. The van der Waals surface area contributed by atoms with Crippen LogP contribution in [-0.4, -0.2) is 21.0 Å². The largest absolute Gasteiger partial charge is 0.481 e. The van der Waals surface area contributed by atoms with Crippen molar-refractivity contribution in [3.05, 3.63) is 0 Å². The van der Waals surface area contributed by atoms with E-state index in [4.69, 9.17) is 17.3 Å². The Balaban J connectivity index is 3.13. The lowest BCUT2D eigenvalue weighted by atomic mass is 10.1. The highest BCUT2D eigenvalue weighted by molar-refractivity contribution is 8.23. The van der Waals surface area contributed by atoms with E-state index in [9.17, 15) is 4.79 Å². The van der Waals surface area contributed by atoms with Gasteiger partial charge in [0.1, 0.15) is 0 Å². The fourth-order valence-corrected chi connectivity index (χ4v) is 2.87. The maximum Gasteiger partial charge on any atom is 0.313 e. The van der Waals surface area contributed by atoms with E-state index in [1.54, 1.807) is 0 Å². The van der Waals surface area contributed by atoms with Gasteiger partial charge in [0.15, 0.2) is 0 Å². The quantitative estimate of drug-likeness (QED) is 0.363. The van der Waals surface area contributed by atoms with Crippen LogP contribution in [0, 0.1) is 0 Å².